The SMILES string of the molecule is CC(Oc1ccc(Cl)c(Cl)c1)C(=O)NCc1ccnc(OCC(F)(F)F)c1. The normalized spacial score (nSPS) is 12.4. The van der Waals surface area contributed by atoms with E-state index in [9.17, 15) is 18.0 Å². The summed E-state index contributed by atoms with van der Waals surface area (Å²) < 4.78 is 46.6. The molecule has 27 heavy (non-hydrogen) atoms. The third-order valence-electron chi connectivity index (χ3n) is 3.22. The lowest BCUT2D eigenvalue weighted by Gasteiger charge is -2.15. The van der Waals surface area contributed by atoms with Crippen LogP contribution in [0, 0.1) is 0 Å². The van der Waals surface area contributed by atoms with Gasteiger partial charge in [0, 0.05) is 24.9 Å². The fourth-order valence-corrected chi connectivity index (χ4v) is 2.22. The first kappa shape index (κ1) is 21.1. The van der Waals surface area contributed by atoms with Gasteiger partial charge in [0.05, 0.1) is 10.0 Å². The average molecular weight is 423 g/mol. The zero-order chi connectivity index (χ0) is 20.0. The van der Waals surface area contributed by atoms with Crippen molar-refractivity contribution in [3.8, 4) is 11.6 Å². The molecule has 0 aliphatic heterocycles. The van der Waals surface area contributed by atoms with E-state index in [1.165, 1.54) is 18.3 Å². The largest absolute Gasteiger partial charge is 0.481 e. The van der Waals surface area contributed by atoms with E-state index >= 15 is 0 Å². The summed E-state index contributed by atoms with van der Waals surface area (Å²) in [5, 5.41) is 3.28. The Bertz CT molecular complexity index is 803. The van der Waals surface area contributed by atoms with E-state index in [4.69, 9.17) is 27.9 Å². The van der Waals surface area contributed by atoms with E-state index in [2.05, 4.69) is 15.0 Å². The lowest BCUT2D eigenvalue weighted by Crippen LogP contribution is -2.35. The van der Waals surface area contributed by atoms with Crippen LogP contribution in [0.3, 0.4) is 0 Å². The molecule has 1 atom stereocenters. The summed E-state index contributed by atoms with van der Waals surface area (Å²) in [6, 6.07) is 7.47. The van der Waals surface area contributed by atoms with Crippen LogP contribution < -0.4 is 14.8 Å². The van der Waals surface area contributed by atoms with E-state index in [1.807, 2.05) is 0 Å². The molecule has 10 heteroatoms. The molecule has 0 fully saturated rings. The van der Waals surface area contributed by atoms with Crippen molar-refractivity contribution in [3.05, 3.63) is 52.1 Å². The summed E-state index contributed by atoms with van der Waals surface area (Å²) >= 11 is 11.7. The van der Waals surface area contributed by atoms with Crippen molar-refractivity contribution in [2.75, 3.05) is 6.61 Å². The maximum Gasteiger partial charge on any atom is 0.422 e. The maximum atomic E-state index is 12.2. The molecule has 1 amide bonds. The van der Waals surface area contributed by atoms with Gasteiger partial charge in [-0.3, -0.25) is 4.79 Å². The number of nitrogens with zero attached hydrogens (tertiary/aromatic N) is 1. The zero-order valence-electron chi connectivity index (χ0n) is 14.0. The molecule has 2 aromatic rings. The molecule has 146 valence electrons. The van der Waals surface area contributed by atoms with E-state index in [1.54, 1.807) is 25.1 Å². The number of carbonyl (C=O) groups is 1. The molecule has 1 aromatic heterocycles. The number of carbonyl (C=O) groups excluding carboxylic acids is 1. The van der Waals surface area contributed by atoms with Crippen LogP contribution in [0.15, 0.2) is 36.5 Å². The summed E-state index contributed by atoms with van der Waals surface area (Å²) in [5.74, 6) is -0.228. The molecule has 0 bridgehead atoms. The third kappa shape index (κ3) is 7.15. The van der Waals surface area contributed by atoms with Gasteiger partial charge in [0.1, 0.15) is 5.75 Å². The van der Waals surface area contributed by atoms with Gasteiger partial charge in [-0.05, 0) is 30.7 Å². The Hall–Kier alpha value is -2.19. The Morgan fingerprint density at radius 1 is 1.22 bits per heavy atom. The van der Waals surface area contributed by atoms with E-state index in [0.717, 1.165) is 0 Å². The van der Waals surface area contributed by atoms with Crippen molar-refractivity contribution < 1.29 is 27.4 Å². The minimum atomic E-state index is -4.46. The van der Waals surface area contributed by atoms with E-state index in [-0.39, 0.29) is 12.4 Å². The first-order chi connectivity index (χ1) is 12.6. The molecular formula is C17H15Cl2F3N2O3. The second-order valence-corrected chi connectivity index (χ2v) is 6.27. The highest BCUT2D eigenvalue weighted by atomic mass is 35.5. The van der Waals surface area contributed by atoms with Gasteiger partial charge < -0.3 is 14.8 Å². The van der Waals surface area contributed by atoms with Crippen molar-refractivity contribution in [1.82, 2.24) is 10.3 Å². The predicted octanol–water partition coefficient (Wildman–Crippen LogP) is 4.41. The molecule has 2 rings (SSSR count). The van der Waals surface area contributed by atoms with Gasteiger partial charge in [0.15, 0.2) is 12.7 Å². The highest BCUT2D eigenvalue weighted by Gasteiger charge is 2.28. The number of halogens is 5. The van der Waals surface area contributed by atoms with Crippen LogP contribution in [0.4, 0.5) is 13.2 Å². The molecule has 0 radical (unpaired) electrons. The molecule has 0 saturated heterocycles. The fraction of sp³-hybridized carbons (Fsp3) is 0.294. The topological polar surface area (TPSA) is 60.5 Å². The van der Waals surface area contributed by atoms with Gasteiger partial charge >= 0.3 is 6.18 Å². The van der Waals surface area contributed by atoms with E-state index in [0.29, 0.717) is 21.4 Å². The molecule has 0 saturated carbocycles. The van der Waals surface area contributed by atoms with Crippen LogP contribution >= 0.6 is 23.2 Å². The zero-order valence-corrected chi connectivity index (χ0v) is 15.5. The number of pyridine rings is 1. The number of rotatable bonds is 7. The van der Waals surface area contributed by atoms with Gasteiger partial charge in [-0.2, -0.15) is 13.2 Å². The summed E-state index contributed by atoms with van der Waals surface area (Å²) in [4.78, 5) is 15.8. The molecular weight excluding hydrogens is 408 g/mol. The second-order valence-electron chi connectivity index (χ2n) is 5.46. The van der Waals surface area contributed by atoms with Gasteiger partial charge in [-0.15, -0.1) is 0 Å². The summed E-state index contributed by atoms with van der Waals surface area (Å²) in [6.07, 6.45) is -3.99. The number of ether oxygens (including phenoxy) is 2. The number of benzene rings is 1. The standard InChI is InChI=1S/C17H15Cl2F3N2O3/c1-10(27-12-2-3-13(18)14(19)7-12)16(25)24-8-11-4-5-23-15(6-11)26-9-17(20,21)22/h2-7,10H,8-9H2,1H3,(H,24,25). The van der Waals surface area contributed by atoms with Crippen LogP contribution in [0.2, 0.25) is 10.0 Å². The average Bonchev–Trinajstić information content (AvgIpc) is 2.61. The smallest absolute Gasteiger partial charge is 0.422 e. The fourth-order valence-electron chi connectivity index (χ4n) is 1.94. The lowest BCUT2D eigenvalue weighted by molar-refractivity contribution is -0.154. The summed E-state index contributed by atoms with van der Waals surface area (Å²) in [7, 11) is 0. The number of nitrogens with one attached hydrogen (secondary N) is 1. The highest BCUT2D eigenvalue weighted by Crippen LogP contribution is 2.26. The Morgan fingerprint density at radius 3 is 2.63 bits per heavy atom. The number of amides is 1. The quantitative estimate of drug-likeness (QED) is 0.717. The van der Waals surface area contributed by atoms with Crippen LogP contribution in [0.5, 0.6) is 11.6 Å². The van der Waals surface area contributed by atoms with Crippen LogP contribution in [-0.4, -0.2) is 29.8 Å². The Kier molecular flexibility index (Phi) is 7.15. The molecule has 5 nitrogen and oxygen atoms in total. The molecule has 1 N–H and O–H groups in total. The Morgan fingerprint density at radius 2 is 1.96 bits per heavy atom. The van der Waals surface area contributed by atoms with Gasteiger partial charge in [0.25, 0.3) is 5.91 Å². The Balaban J connectivity index is 1.88. The molecule has 1 heterocycles. The lowest BCUT2D eigenvalue weighted by atomic mass is 10.2. The highest BCUT2D eigenvalue weighted by molar-refractivity contribution is 6.42. The first-order valence-electron chi connectivity index (χ1n) is 7.68. The molecule has 0 aliphatic carbocycles. The molecule has 0 spiro atoms. The van der Waals surface area contributed by atoms with Crippen molar-refractivity contribution >= 4 is 29.1 Å². The van der Waals surface area contributed by atoms with Crippen molar-refractivity contribution in [2.45, 2.75) is 25.7 Å². The number of aromatic nitrogens is 1. The number of hydrogen-bond donors (Lipinski definition) is 1. The van der Waals surface area contributed by atoms with Crippen LogP contribution in [0.25, 0.3) is 0 Å². The summed E-state index contributed by atoms with van der Waals surface area (Å²) in [6.45, 7) is 0.172. The van der Waals surface area contributed by atoms with Crippen LogP contribution in [-0.2, 0) is 11.3 Å². The first-order valence-corrected chi connectivity index (χ1v) is 8.43. The van der Waals surface area contributed by atoms with Gasteiger partial charge in [0.2, 0.25) is 5.88 Å². The van der Waals surface area contributed by atoms with Gasteiger partial charge in [-0.1, -0.05) is 23.2 Å². The van der Waals surface area contributed by atoms with E-state index < -0.39 is 24.8 Å². The number of hydrogen-bond acceptors (Lipinski definition) is 4. The summed E-state index contributed by atoms with van der Waals surface area (Å²) in [5.41, 5.74) is 0.525. The molecule has 1 unspecified atom stereocenters. The Labute approximate surface area is 163 Å². The maximum absolute atomic E-state index is 12.2. The van der Waals surface area contributed by atoms with Crippen molar-refractivity contribution in [3.63, 3.8) is 0 Å². The second kappa shape index (κ2) is 9.14. The monoisotopic (exact) mass is 422 g/mol. The van der Waals surface area contributed by atoms with Crippen molar-refractivity contribution in [1.29, 1.82) is 0 Å². The van der Waals surface area contributed by atoms with Gasteiger partial charge in [-0.25, -0.2) is 4.98 Å². The minimum absolute atomic E-state index is 0.0683. The minimum Gasteiger partial charge on any atom is -0.481 e. The molecule has 0 aliphatic rings. The predicted molar refractivity (Wildman–Crippen MR) is 94.2 cm³/mol. The van der Waals surface area contributed by atoms with Crippen LogP contribution in [0.1, 0.15) is 12.5 Å². The third-order valence-corrected chi connectivity index (χ3v) is 3.96. The van der Waals surface area contributed by atoms with Crippen molar-refractivity contribution in [2.24, 2.45) is 0 Å². The molecule has 1 aromatic carbocycles. The number of alkyl halides is 3.